The first kappa shape index (κ1) is 14.1. The average Bonchev–Trinajstić information content (AvgIpc) is 2.96. The second-order valence-corrected chi connectivity index (χ2v) is 4.41. The van der Waals surface area contributed by atoms with E-state index in [0.29, 0.717) is 24.4 Å². The van der Waals surface area contributed by atoms with Crippen LogP contribution in [0.2, 0.25) is 5.15 Å². The first-order chi connectivity index (χ1) is 9.72. The topological polar surface area (TPSA) is 70.1 Å². The van der Waals surface area contributed by atoms with E-state index in [9.17, 15) is 4.79 Å². The Bertz CT molecular complexity index is 620. The summed E-state index contributed by atoms with van der Waals surface area (Å²) in [6, 6.07) is 8.81. The van der Waals surface area contributed by atoms with Crippen molar-refractivity contribution in [1.82, 2.24) is 9.88 Å². The van der Waals surface area contributed by atoms with Gasteiger partial charge in [0, 0.05) is 12.7 Å². The van der Waals surface area contributed by atoms with Gasteiger partial charge in [-0.25, -0.2) is 4.98 Å². The molecule has 5 nitrogen and oxygen atoms in total. The molecule has 0 aromatic carbocycles. The van der Waals surface area contributed by atoms with Crippen LogP contribution in [0.25, 0.3) is 0 Å². The number of carbonyl (C=O) groups excluding carboxylic acids is 1. The van der Waals surface area contributed by atoms with E-state index >= 15 is 0 Å². The first-order valence-corrected chi connectivity index (χ1v) is 6.39. The smallest absolute Gasteiger partial charge is 0.257 e. The zero-order valence-corrected chi connectivity index (χ0v) is 11.4. The highest BCUT2D eigenvalue weighted by atomic mass is 35.5. The Morgan fingerprint density at radius 1 is 1.45 bits per heavy atom. The molecule has 6 heteroatoms. The monoisotopic (exact) mass is 289 g/mol. The van der Waals surface area contributed by atoms with Crippen LogP contribution in [-0.2, 0) is 6.54 Å². The summed E-state index contributed by atoms with van der Waals surface area (Å²) in [5.41, 5.74) is 0.318. The summed E-state index contributed by atoms with van der Waals surface area (Å²) in [5, 5.41) is 8.85. The number of nitriles is 1. The summed E-state index contributed by atoms with van der Waals surface area (Å²) >= 11 is 5.93. The van der Waals surface area contributed by atoms with Crippen molar-refractivity contribution in [3.8, 4) is 6.07 Å². The van der Waals surface area contributed by atoms with Crippen LogP contribution < -0.4 is 0 Å². The van der Waals surface area contributed by atoms with Crippen LogP contribution in [0.15, 0.2) is 41.1 Å². The van der Waals surface area contributed by atoms with Gasteiger partial charge in [-0.2, -0.15) is 5.26 Å². The van der Waals surface area contributed by atoms with Crippen molar-refractivity contribution >= 4 is 17.5 Å². The summed E-state index contributed by atoms with van der Waals surface area (Å²) in [5.74, 6) is 0.381. The van der Waals surface area contributed by atoms with Crippen molar-refractivity contribution in [2.75, 3.05) is 6.54 Å². The highest BCUT2D eigenvalue weighted by Gasteiger charge is 2.19. The molecule has 0 saturated heterocycles. The third kappa shape index (κ3) is 3.37. The molecule has 0 aliphatic carbocycles. The second-order valence-electron chi connectivity index (χ2n) is 4.06. The van der Waals surface area contributed by atoms with Crippen molar-refractivity contribution < 1.29 is 9.21 Å². The standard InChI is InChI=1S/C14H12ClN3O2/c15-13-12(5-1-7-17-13)14(19)18(8-3-6-16)10-11-4-2-9-20-11/h1-2,4-5,7,9H,3,8,10H2. The maximum atomic E-state index is 12.4. The number of halogens is 1. The molecule has 1 amide bonds. The number of nitrogens with zero attached hydrogens (tertiary/aromatic N) is 3. The fraction of sp³-hybridized carbons (Fsp3) is 0.214. The molecule has 0 saturated carbocycles. The molecule has 2 aromatic rings. The zero-order chi connectivity index (χ0) is 14.4. The lowest BCUT2D eigenvalue weighted by Crippen LogP contribution is -2.31. The minimum atomic E-state index is -0.269. The summed E-state index contributed by atoms with van der Waals surface area (Å²) in [4.78, 5) is 17.9. The fourth-order valence-electron chi connectivity index (χ4n) is 1.74. The molecule has 0 unspecified atom stereocenters. The van der Waals surface area contributed by atoms with Crippen molar-refractivity contribution in [3.63, 3.8) is 0 Å². The number of pyridine rings is 1. The molecule has 20 heavy (non-hydrogen) atoms. The molecule has 0 aliphatic rings. The maximum absolute atomic E-state index is 12.4. The fourth-order valence-corrected chi connectivity index (χ4v) is 1.94. The summed E-state index contributed by atoms with van der Waals surface area (Å²) < 4.78 is 5.23. The third-order valence-corrected chi connectivity index (χ3v) is 3.00. The highest BCUT2D eigenvalue weighted by Crippen LogP contribution is 2.16. The van der Waals surface area contributed by atoms with E-state index in [1.165, 1.54) is 11.1 Å². The largest absolute Gasteiger partial charge is 0.467 e. The van der Waals surface area contributed by atoms with Gasteiger partial charge in [0.1, 0.15) is 10.9 Å². The molecule has 0 spiro atoms. The van der Waals surface area contributed by atoms with Crippen LogP contribution in [-0.4, -0.2) is 22.3 Å². The molecule has 2 rings (SSSR count). The molecular formula is C14H12ClN3O2. The Morgan fingerprint density at radius 3 is 2.95 bits per heavy atom. The zero-order valence-electron chi connectivity index (χ0n) is 10.6. The number of carbonyl (C=O) groups is 1. The number of furan rings is 1. The van der Waals surface area contributed by atoms with Gasteiger partial charge in [0.2, 0.25) is 0 Å². The van der Waals surface area contributed by atoms with E-state index in [0.717, 1.165) is 0 Å². The number of amides is 1. The molecule has 0 radical (unpaired) electrons. The van der Waals surface area contributed by atoms with Gasteiger partial charge in [-0.15, -0.1) is 0 Å². The van der Waals surface area contributed by atoms with Crippen LogP contribution in [0.3, 0.4) is 0 Å². The minimum Gasteiger partial charge on any atom is -0.467 e. The van der Waals surface area contributed by atoms with Crippen molar-refractivity contribution in [3.05, 3.63) is 53.2 Å². The normalized spacial score (nSPS) is 10.0. The summed E-state index contributed by atoms with van der Waals surface area (Å²) in [6.07, 6.45) is 3.30. The van der Waals surface area contributed by atoms with Gasteiger partial charge in [0.15, 0.2) is 0 Å². The van der Waals surface area contributed by atoms with Crippen molar-refractivity contribution in [2.45, 2.75) is 13.0 Å². The molecule has 0 atom stereocenters. The predicted octanol–water partition coefficient (Wildman–Crippen LogP) is 2.88. The average molecular weight is 290 g/mol. The van der Waals surface area contributed by atoms with Crippen LogP contribution in [0, 0.1) is 11.3 Å². The van der Waals surface area contributed by atoms with E-state index in [2.05, 4.69) is 4.98 Å². The third-order valence-electron chi connectivity index (χ3n) is 2.70. The Morgan fingerprint density at radius 2 is 2.30 bits per heavy atom. The Hall–Kier alpha value is -2.32. The molecule has 0 aliphatic heterocycles. The molecule has 2 heterocycles. The lowest BCUT2D eigenvalue weighted by atomic mass is 10.2. The quantitative estimate of drug-likeness (QED) is 0.794. The van der Waals surface area contributed by atoms with Gasteiger partial charge in [0.25, 0.3) is 5.91 Å². The van der Waals surface area contributed by atoms with Crippen LogP contribution in [0.1, 0.15) is 22.5 Å². The van der Waals surface area contributed by atoms with E-state index < -0.39 is 0 Å². The van der Waals surface area contributed by atoms with E-state index in [1.807, 2.05) is 6.07 Å². The molecule has 2 aromatic heterocycles. The Kier molecular flexibility index (Phi) is 4.75. The molecule has 0 N–H and O–H groups in total. The Labute approximate surface area is 121 Å². The molecule has 102 valence electrons. The van der Waals surface area contributed by atoms with Gasteiger partial charge in [-0.1, -0.05) is 11.6 Å². The lowest BCUT2D eigenvalue weighted by molar-refractivity contribution is 0.0735. The first-order valence-electron chi connectivity index (χ1n) is 6.01. The predicted molar refractivity (Wildman–Crippen MR) is 72.9 cm³/mol. The number of hydrogen-bond acceptors (Lipinski definition) is 4. The Balaban J connectivity index is 2.20. The van der Waals surface area contributed by atoms with Gasteiger partial charge in [-0.3, -0.25) is 4.79 Å². The van der Waals surface area contributed by atoms with Gasteiger partial charge in [-0.05, 0) is 24.3 Å². The number of aromatic nitrogens is 1. The highest BCUT2D eigenvalue weighted by molar-refractivity contribution is 6.32. The van der Waals surface area contributed by atoms with E-state index in [-0.39, 0.29) is 17.5 Å². The van der Waals surface area contributed by atoms with Crippen molar-refractivity contribution in [2.24, 2.45) is 0 Å². The minimum absolute atomic E-state index is 0.152. The number of hydrogen-bond donors (Lipinski definition) is 0. The lowest BCUT2D eigenvalue weighted by Gasteiger charge is -2.20. The van der Waals surface area contributed by atoms with Crippen LogP contribution >= 0.6 is 11.6 Å². The maximum Gasteiger partial charge on any atom is 0.257 e. The van der Waals surface area contributed by atoms with Gasteiger partial charge >= 0.3 is 0 Å². The summed E-state index contributed by atoms with van der Waals surface area (Å²) in [6.45, 7) is 0.597. The van der Waals surface area contributed by atoms with Crippen molar-refractivity contribution in [1.29, 1.82) is 5.26 Å². The van der Waals surface area contributed by atoms with E-state index in [4.69, 9.17) is 21.3 Å². The molecule has 0 bridgehead atoms. The number of rotatable bonds is 5. The molecular weight excluding hydrogens is 278 g/mol. The SMILES string of the molecule is N#CCCN(Cc1ccco1)C(=O)c1cccnc1Cl. The van der Waals surface area contributed by atoms with Gasteiger partial charge < -0.3 is 9.32 Å². The summed E-state index contributed by atoms with van der Waals surface area (Å²) in [7, 11) is 0. The van der Waals surface area contributed by atoms with E-state index in [1.54, 1.807) is 30.5 Å². The second kappa shape index (κ2) is 6.73. The molecule has 0 fully saturated rings. The van der Waals surface area contributed by atoms with Gasteiger partial charge in [0.05, 0.1) is 30.9 Å². The van der Waals surface area contributed by atoms with Crippen LogP contribution in [0.4, 0.5) is 0 Å². The van der Waals surface area contributed by atoms with Crippen LogP contribution in [0.5, 0.6) is 0 Å².